The van der Waals surface area contributed by atoms with Gasteiger partial charge in [0.25, 0.3) is 0 Å². The average Bonchev–Trinajstić information content (AvgIpc) is 3.77. The number of rotatable bonds is 18. The third-order valence-corrected chi connectivity index (χ3v) is 9.95. The van der Waals surface area contributed by atoms with Gasteiger partial charge in [0.1, 0.15) is 17.5 Å². The Labute approximate surface area is 332 Å². The van der Waals surface area contributed by atoms with Gasteiger partial charge >= 0.3 is 18.0 Å². The third-order valence-electron chi connectivity index (χ3n) is 8.41. The molecular weight excluding hydrogens is 775 g/mol. The second-order valence-corrected chi connectivity index (χ2v) is 15.3. The summed E-state index contributed by atoms with van der Waals surface area (Å²) in [6.45, 7) is 8.70. The molecule has 2 aromatic carbocycles. The van der Waals surface area contributed by atoms with Crippen LogP contribution in [0, 0.1) is 5.82 Å². The molecule has 1 aromatic heterocycles. The highest BCUT2D eigenvalue weighted by Gasteiger charge is 2.31. The molecule has 4 rings (SSSR count). The van der Waals surface area contributed by atoms with Crippen LogP contribution in [0.2, 0.25) is 5.02 Å². The van der Waals surface area contributed by atoms with Gasteiger partial charge < -0.3 is 38.6 Å². The predicted octanol–water partition coefficient (Wildman–Crippen LogP) is 6.97. The van der Waals surface area contributed by atoms with Gasteiger partial charge in [-0.3, -0.25) is 24.0 Å². The topological polar surface area (TPSA) is 173 Å². The molecule has 2 heterocycles. The number of carbonyl (C=O) groups is 6. The summed E-state index contributed by atoms with van der Waals surface area (Å²) in [7, 11) is 2.72. The highest BCUT2D eigenvalue weighted by molar-refractivity contribution is 7.20. The van der Waals surface area contributed by atoms with Gasteiger partial charge in [-0.2, -0.15) is 0 Å². The molecule has 0 saturated heterocycles. The van der Waals surface area contributed by atoms with Crippen molar-refractivity contribution in [2.45, 2.75) is 91.5 Å². The summed E-state index contributed by atoms with van der Waals surface area (Å²) in [4.78, 5) is 77.1. The van der Waals surface area contributed by atoms with E-state index in [-0.39, 0.29) is 115 Å². The summed E-state index contributed by atoms with van der Waals surface area (Å²) in [5.41, 5.74) is 0.632. The van der Waals surface area contributed by atoms with Gasteiger partial charge in [0, 0.05) is 48.5 Å². The summed E-state index contributed by atoms with van der Waals surface area (Å²) < 4.78 is 48.1. The number of methoxy groups -OCH3 is 2. The molecule has 1 atom stereocenters. The summed E-state index contributed by atoms with van der Waals surface area (Å²) in [6.07, 6.45) is -2.03. The van der Waals surface area contributed by atoms with Gasteiger partial charge in [-0.25, -0.2) is 9.18 Å². The first-order valence-electron chi connectivity index (χ1n) is 17.9. The number of thiophene rings is 1. The lowest BCUT2D eigenvalue weighted by Crippen LogP contribution is -2.37. The van der Waals surface area contributed by atoms with E-state index < -0.39 is 41.3 Å². The van der Waals surface area contributed by atoms with E-state index in [2.05, 4.69) is 5.32 Å². The van der Waals surface area contributed by atoms with Gasteiger partial charge in [0.2, 0.25) is 5.91 Å². The van der Waals surface area contributed by atoms with Crippen LogP contribution in [0.3, 0.4) is 0 Å². The van der Waals surface area contributed by atoms with Crippen molar-refractivity contribution in [3.63, 3.8) is 0 Å². The lowest BCUT2D eigenvalue weighted by Gasteiger charge is -2.21. The molecule has 56 heavy (non-hydrogen) atoms. The zero-order valence-electron chi connectivity index (χ0n) is 32.4. The van der Waals surface area contributed by atoms with Gasteiger partial charge in [-0.05, 0) is 57.9 Å². The first kappa shape index (κ1) is 43.8. The van der Waals surface area contributed by atoms with Crippen molar-refractivity contribution in [1.82, 2.24) is 10.2 Å². The maximum atomic E-state index is 15.8. The van der Waals surface area contributed by atoms with Crippen molar-refractivity contribution in [2.24, 2.45) is 0 Å². The van der Waals surface area contributed by atoms with Crippen LogP contribution in [0.4, 0.5) is 9.18 Å². The first-order valence-corrected chi connectivity index (χ1v) is 19.1. The number of carbonyl (C=O) groups excluding carboxylic acids is 6. The molecule has 0 unspecified atom stereocenters. The molecule has 0 aliphatic carbocycles. The SMILES string of the molecule is CCOC(=O)CCC(=O)c1cc2c(F)c(OCCC(=O)c3c(OC)cc4c(c3Cl)CN(C(=O)CCC(=O)O[C@@H](C)CNC(=O)OC(C)(C)C)C4)c(OC)cc2s1. The largest absolute Gasteiger partial charge is 0.496 e. The van der Waals surface area contributed by atoms with E-state index in [4.69, 9.17) is 40.0 Å². The maximum Gasteiger partial charge on any atom is 0.407 e. The molecule has 0 bridgehead atoms. The van der Waals surface area contributed by atoms with Crippen LogP contribution < -0.4 is 19.5 Å². The van der Waals surface area contributed by atoms with Crippen LogP contribution in [-0.4, -0.2) is 86.1 Å². The Bertz CT molecular complexity index is 1990. The zero-order valence-corrected chi connectivity index (χ0v) is 34.0. The molecule has 1 N–H and O–H groups in total. The summed E-state index contributed by atoms with van der Waals surface area (Å²) in [5.74, 6) is -3.00. The van der Waals surface area contributed by atoms with Gasteiger partial charge in [-0.1, -0.05) is 11.6 Å². The van der Waals surface area contributed by atoms with Crippen LogP contribution in [0.5, 0.6) is 17.2 Å². The molecule has 2 amide bonds. The van der Waals surface area contributed by atoms with Gasteiger partial charge in [0.15, 0.2) is 28.9 Å². The molecule has 0 radical (unpaired) electrons. The average molecular weight is 821 g/mol. The predicted molar refractivity (Wildman–Crippen MR) is 204 cm³/mol. The fourth-order valence-electron chi connectivity index (χ4n) is 5.78. The molecule has 14 nitrogen and oxygen atoms in total. The van der Waals surface area contributed by atoms with Crippen LogP contribution in [0.15, 0.2) is 18.2 Å². The Kier molecular flexibility index (Phi) is 15.1. The van der Waals surface area contributed by atoms with Crippen molar-refractivity contribution >= 4 is 68.5 Å². The zero-order chi connectivity index (χ0) is 41.3. The Morgan fingerprint density at radius 1 is 0.929 bits per heavy atom. The molecule has 0 saturated carbocycles. The summed E-state index contributed by atoms with van der Waals surface area (Å²) in [5, 5.41) is 2.76. The number of benzene rings is 2. The molecule has 3 aromatic rings. The quantitative estimate of drug-likeness (QED) is 0.0795. The Balaban J connectivity index is 1.35. The number of nitrogens with one attached hydrogen (secondary N) is 1. The number of halogens is 2. The minimum atomic E-state index is -0.775. The van der Waals surface area contributed by atoms with E-state index in [9.17, 15) is 28.8 Å². The minimum Gasteiger partial charge on any atom is -0.496 e. The fourth-order valence-corrected chi connectivity index (χ4v) is 7.21. The monoisotopic (exact) mass is 820 g/mol. The number of nitrogens with zero attached hydrogens (tertiary/aromatic N) is 1. The third kappa shape index (κ3) is 11.3. The maximum absolute atomic E-state index is 15.8. The second-order valence-electron chi connectivity index (χ2n) is 13.8. The van der Waals surface area contributed by atoms with Gasteiger partial charge in [0.05, 0.1) is 62.3 Å². The number of hydrogen-bond acceptors (Lipinski definition) is 13. The lowest BCUT2D eigenvalue weighted by molar-refractivity contribution is -0.150. The smallest absolute Gasteiger partial charge is 0.407 e. The number of ketones is 2. The van der Waals surface area contributed by atoms with Crippen molar-refractivity contribution < 1.29 is 61.6 Å². The first-order chi connectivity index (χ1) is 26.5. The Morgan fingerprint density at radius 2 is 1.62 bits per heavy atom. The minimum absolute atomic E-state index is 0.0331. The fraction of sp³-hybridized carbons (Fsp3) is 0.487. The van der Waals surface area contributed by atoms with E-state index in [1.807, 2.05) is 0 Å². The number of esters is 2. The summed E-state index contributed by atoms with van der Waals surface area (Å²) >= 11 is 7.82. The number of Topliss-reactive ketones (excluding diaryl/α,β-unsaturated/α-hetero) is 2. The van der Waals surface area contributed by atoms with Crippen molar-refractivity contribution in [3.05, 3.63) is 50.6 Å². The van der Waals surface area contributed by atoms with Crippen molar-refractivity contribution in [1.29, 1.82) is 0 Å². The van der Waals surface area contributed by atoms with E-state index in [1.165, 1.54) is 31.3 Å². The normalized spacial score (nSPS) is 12.8. The number of fused-ring (bicyclic) bond motifs is 2. The van der Waals surface area contributed by atoms with Crippen molar-refractivity contribution in [3.8, 4) is 17.2 Å². The number of hydrogen-bond donors (Lipinski definition) is 1. The highest BCUT2D eigenvalue weighted by Crippen LogP contribution is 2.41. The Hall–Kier alpha value is -4.96. The summed E-state index contributed by atoms with van der Waals surface area (Å²) in [6, 6.07) is 4.56. The van der Waals surface area contributed by atoms with E-state index in [0.717, 1.165) is 11.3 Å². The highest BCUT2D eigenvalue weighted by atomic mass is 35.5. The molecule has 1 aliphatic heterocycles. The second kappa shape index (κ2) is 19.3. The van der Waals surface area contributed by atoms with Crippen LogP contribution in [0.25, 0.3) is 10.1 Å². The van der Waals surface area contributed by atoms with E-state index in [1.54, 1.807) is 40.7 Å². The van der Waals surface area contributed by atoms with E-state index in [0.29, 0.717) is 15.8 Å². The van der Waals surface area contributed by atoms with Crippen LogP contribution in [0.1, 0.15) is 97.9 Å². The number of ether oxygens (including phenoxy) is 6. The molecule has 1 aliphatic rings. The molecular formula is C39H46ClFN2O12S. The molecule has 0 fully saturated rings. The number of amides is 2. The van der Waals surface area contributed by atoms with Gasteiger partial charge in [-0.15, -0.1) is 11.3 Å². The molecule has 17 heteroatoms. The number of alkyl carbamates (subject to hydrolysis) is 1. The lowest BCUT2D eigenvalue weighted by atomic mass is 10.0. The molecule has 304 valence electrons. The molecule has 0 spiro atoms. The van der Waals surface area contributed by atoms with Crippen LogP contribution >= 0.6 is 22.9 Å². The standard InChI is InChI=1S/C39H46ClFN2O12S/c1-8-52-32(47)11-9-25(44)30-16-23-29(56-30)17-28(51-7)37(36(23)41)53-14-13-26(45)34-27(50-6)15-22-19-43(20-24(22)35(34)40)31(46)10-12-33(48)54-21(2)18-42-38(49)55-39(3,4)5/h15-17,21H,8-14,18-20H2,1-7H3,(H,42,49)/t21-/m0/s1. The van der Waals surface area contributed by atoms with Crippen LogP contribution in [-0.2, 0) is 41.7 Å². The van der Waals surface area contributed by atoms with E-state index >= 15 is 4.39 Å². The van der Waals surface area contributed by atoms with Crippen molar-refractivity contribution in [2.75, 3.05) is 34.0 Å². The Morgan fingerprint density at radius 3 is 2.29 bits per heavy atom.